The van der Waals surface area contributed by atoms with Gasteiger partial charge in [0.05, 0.1) is 0 Å². The number of nitrogens with zero attached hydrogens (tertiary/aromatic N) is 4. The molecule has 4 aromatic rings. The minimum atomic E-state index is -0.597. The zero-order chi connectivity index (χ0) is 23.9. The van der Waals surface area contributed by atoms with E-state index in [1.165, 1.54) is 18.7 Å². The van der Waals surface area contributed by atoms with E-state index >= 15 is 0 Å². The summed E-state index contributed by atoms with van der Waals surface area (Å²) in [7, 11) is 0. The molecule has 0 saturated carbocycles. The molecule has 34 heavy (non-hydrogen) atoms. The summed E-state index contributed by atoms with van der Waals surface area (Å²) in [6.45, 7) is 5.84. The number of rotatable bonds is 9. The first-order valence-electron chi connectivity index (χ1n) is 10.6. The van der Waals surface area contributed by atoms with E-state index in [2.05, 4.69) is 27.1 Å². The van der Waals surface area contributed by atoms with Gasteiger partial charge in [0.25, 0.3) is 0 Å². The lowest BCUT2D eigenvalue weighted by molar-refractivity contribution is -0.115. The Morgan fingerprint density at radius 2 is 1.82 bits per heavy atom. The SMILES string of the molecule is C=CCn1c(S[C@H](C(=O)Nc2cccc(C(C)=O)c2)c2ccccc2)nnc1-c1ccncc1. The van der Waals surface area contributed by atoms with Crippen LogP contribution in [0.3, 0.4) is 0 Å². The van der Waals surface area contributed by atoms with Gasteiger partial charge >= 0.3 is 0 Å². The van der Waals surface area contributed by atoms with Crippen LogP contribution in [0, 0.1) is 0 Å². The van der Waals surface area contributed by atoms with Gasteiger partial charge in [-0.1, -0.05) is 60.3 Å². The molecule has 2 heterocycles. The van der Waals surface area contributed by atoms with Gasteiger partial charge in [0, 0.05) is 35.8 Å². The average Bonchev–Trinajstić information content (AvgIpc) is 3.26. The Labute approximate surface area is 202 Å². The summed E-state index contributed by atoms with van der Waals surface area (Å²) in [4.78, 5) is 29.3. The summed E-state index contributed by atoms with van der Waals surface area (Å²) in [5, 5.41) is 11.7. The third kappa shape index (κ3) is 5.29. The molecule has 0 aliphatic heterocycles. The van der Waals surface area contributed by atoms with Gasteiger partial charge in [-0.2, -0.15) is 0 Å². The maximum Gasteiger partial charge on any atom is 0.242 e. The maximum atomic E-state index is 13.4. The lowest BCUT2D eigenvalue weighted by Gasteiger charge is -2.17. The lowest BCUT2D eigenvalue weighted by Crippen LogP contribution is -2.20. The monoisotopic (exact) mass is 469 g/mol. The number of anilines is 1. The Kier molecular flexibility index (Phi) is 7.29. The van der Waals surface area contributed by atoms with Crippen LogP contribution in [0.5, 0.6) is 0 Å². The predicted molar refractivity (Wildman–Crippen MR) is 134 cm³/mol. The van der Waals surface area contributed by atoms with Crippen LogP contribution in [0.1, 0.15) is 28.1 Å². The number of thioether (sulfide) groups is 1. The number of Topliss-reactive ketones (excluding diaryl/α,β-unsaturated/α-hetero) is 1. The number of hydrogen-bond acceptors (Lipinski definition) is 6. The summed E-state index contributed by atoms with van der Waals surface area (Å²) < 4.78 is 1.92. The summed E-state index contributed by atoms with van der Waals surface area (Å²) in [5.41, 5.74) is 2.79. The number of ketones is 1. The van der Waals surface area contributed by atoms with Crippen molar-refractivity contribution in [1.29, 1.82) is 0 Å². The molecular formula is C26H23N5O2S. The van der Waals surface area contributed by atoms with Gasteiger partial charge in [0.15, 0.2) is 16.8 Å². The Balaban J connectivity index is 1.67. The predicted octanol–water partition coefficient (Wildman–Crippen LogP) is 5.20. The van der Waals surface area contributed by atoms with Crippen LogP contribution in [0.2, 0.25) is 0 Å². The van der Waals surface area contributed by atoms with Gasteiger partial charge in [-0.15, -0.1) is 16.8 Å². The molecule has 4 rings (SSSR count). The molecule has 0 spiro atoms. The summed E-state index contributed by atoms with van der Waals surface area (Å²) in [6.07, 6.45) is 5.16. The van der Waals surface area contributed by atoms with E-state index in [4.69, 9.17) is 0 Å². The van der Waals surface area contributed by atoms with Crippen LogP contribution in [-0.4, -0.2) is 31.4 Å². The normalized spacial score (nSPS) is 11.6. The number of amides is 1. The largest absolute Gasteiger partial charge is 0.325 e. The summed E-state index contributed by atoms with van der Waals surface area (Å²) in [6, 6.07) is 20.1. The van der Waals surface area contributed by atoms with Crippen LogP contribution < -0.4 is 5.32 Å². The third-order valence-corrected chi connectivity index (χ3v) is 6.30. The van der Waals surface area contributed by atoms with E-state index in [9.17, 15) is 9.59 Å². The molecule has 0 radical (unpaired) electrons. The third-order valence-electron chi connectivity index (χ3n) is 5.07. The number of pyridine rings is 1. The molecule has 1 amide bonds. The fraction of sp³-hybridized carbons (Fsp3) is 0.115. The highest BCUT2D eigenvalue weighted by Gasteiger charge is 2.26. The molecule has 0 unspecified atom stereocenters. The van der Waals surface area contributed by atoms with Crippen molar-refractivity contribution in [2.45, 2.75) is 23.9 Å². The number of nitrogens with one attached hydrogen (secondary N) is 1. The van der Waals surface area contributed by atoms with Crippen molar-refractivity contribution in [2.24, 2.45) is 0 Å². The van der Waals surface area contributed by atoms with Crippen LogP contribution in [0.15, 0.2) is 96.9 Å². The first-order chi connectivity index (χ1) is 16.6. The molecule has 0 aliphatic carbocycles. The Hall–Kier alpha value is -4.04. The van der Waals surface area contributed by atoms with Gasteiger partial charge in [0.1, 0.15) is 5.25 Å². The van der Waals surface area contributed by atoms with Crippen molar-refractivity contribution >= 4 is 29.1 Å². The smallest absolute Gasteiger partial charge is 0.242 e. The second-order valence-electron chi connectivity index (χ2n) is 7.48. The van der Waals surface area contributed by atoms with E-state index in [0.717, 1.165) is 11.1 Å². The van der Waals surface area contributed by atoms with Crippen LogP contribution in [-0.2, 0) is 11.3 Å². The number of carbonyl (C=O) groups excluding carboxylic acids is 2. The highest BCUT2D eigenvalue weighted by atomic mass is 32.2. The maximum absolute atomic E-state index is 13.4. The second-order valence-corrected chi connectivity index (χ2v) is 8.55. The molecule has 0 bridgehead atoms. The van der Waals surface area contributed by atoms with E-state index in [-0.39, 0.29) is 11.7 Å². The van der Waals surface area contributed by atoms with Crippen LogP contribution >= 0.6 is 11.8 Å². The van der Waals surface area contributed by atoms with Crippen molar-refractivity contribution in [1.82, 2.24) is 19.7 Å². The number of hydrogen-bond donors (Lipinski definition) is 1. The van der Waals surface area contributed by atoms with Gasteiger partial charge in [0.2, 0.25) is 5.91 Å². The molecule has 8 heteroatoms. The standard InChI is InChI=1S/C26H23N5O2S/c1-3-16-31-24(20-12-14-27-15-13-20)29-30-26(31)34-23(19-8-5-4-6-9-19)25(33)28-22-11-7-10-21(17-22)18(2)32/h3-15,17,23H,1,16H2,2H3,(H,28,33)/t23-/m0/s1. The van der Waals surface area contributed by atoms with E-state index in [1.54, 1.807) is 42.7 Å². The number of aromatic nitrogens is 4. The molecule has 0 aliphatic rings. The molecule has 2 aromatic heterocycles. The van der Waals surface area contributed by atoms with E-state index in [0.29, 0.717) is 28.8 Å². The second kappa shape index (κ2) is 10.7. The zero-order valence-corrected chi connectivity index (χ0v) is 19.4. The highest BCUT2D eigenvalue weighted by Crippen LogP contribution is 2.37. The number of benzene rings is 2. The average molecular weight is 470 g/mol. The van der Waals surface area contributed by atoms with E-state index in [1.807, 2.05) is 47.0 Å². The molecule has 1 atom stereocenters. The summed E-state index contributed by atoms with van der Waals surface area (Å²) >= 11 is 1.31. The topological polar surface area (TPSA) is 89.8 Å². The van der Waals surface area contributed by atoms with Crippen molar-refractivity contribution in [3.63, 3.8) is 0 Å². The zero-order valence-electron chi connectivity index (χ0n) is 18.6. The quantitative estimate of drug-likeness (QED) is 0.206. The van der Waals surface area contributed by atoms with Gasteiger partial charge in [-0.3, -0.25) is 19.1 Å². The molecule has 170 valence electrons. The fourth-order valence-corrected chi connectivity index (χ4v) is 4.46. The molecular weight excluding hydrogens is 446 g/mol. The summed E-state index contributed by atoms with van der Waals surface area (Å²) in [5.74, 6) is 0.382. The fourth-order valence-electron chi connectivity index (χ4n) is 3.41. The minimum absolute atomic E-state index is 0.0637. The van der Waals surface area contributed by atoms with Crippen molar-refractivity contribution in [3.05, 3.63) is 103 Å². The molecule has 1 N–H and O–H groups in total. The molecule has 7 nitrogen and oxygen atoms in total. The van der Waals surface area contributed by atoms with Crippen molar-refractivity contribution in [2.75, 3.05) is 5.32 Å². The van der Waals surface area contributed by atoms with Gasteiger partial charge < -0.3 is 5.32 Å². The first kappa shape index (κ1) is 23.1. The van der Waals surface area contributed by atoms with Crippen molar-refractivity contribution < 1.29 is 9.59 Å². The molecule has 0 fully saturated rings. The lowest BCUT2D eigenvalue weighted by atomic mass is 10.1. The van der Waals surface area contributed by atoms with Crippen LogP contribution in [0.4, 0.5) is 5.69 Å². The van der Waals surface area contributed by atoms with E-state index < -0.39 is 5.25 Å². The molecule has 2 aromatic carbocycles. The van der Waals surface area contributed by atoms with Gasteiger partial charge in [-0.25, -0.2) is 0 Å². The first-order valence-corrected chi connectivity index (χ1v) is 11.5. The number of allylic oxidation sites excluding steroid dienone is 1. The van der Waals surface area contributed by atoms with Gasteiger partial charge in [-0.05, 0) is 36.8 Å². The minimum Gasteiger partial charge on any atom is -0.325 e. The Bertz CT molecular complexity index is 1310. The highest BCUT2D eigenvalue weighted by molar-refractivity contribution is 8.00. The Morgan fingerprint density at radius 1 is 1.06 bits per heavy atom. The molecule has 0 saturated heterocycles. The van der Waals surface area contributed by atoms with Crippen LogP contribution in [0.25, 0.3) is 11.4 Å². The van der Waals surface area contributed by atoms with Crippen molar-refractivity contribution in [3.8, 4) is 11.4 Å². The Morgan fingerprint density at radius 3 is 2.53 bits per heavy atom. The number of carbonyl (C=O) groups is 2.